The van der Waals surface area contributed by atoms with Crippen LogP contribution in [0, 0.1) is 5.92 Å². The molecule has 0 radical (unpaired) electrons. The van der Waals surface area contributed by atoms with E-state index in [1.54, 1.807) is 6.92 Å². The number of carboxylic acid groups (broad SMARTS) is 1. The molecule has 96 valence electrons. The molecular formula is C11H17NO5. The van der Waals surface area contributed by atoms with E-state index in [0.29, 0.717) is 13.2 Å². The van der Waals surface area contributed by atoms with Crippen LogP contribution in [0.3, 0.4) is 0 Å². The average Bonchev–Trinajstić information content (AvgIpc) is 3.13. The van der Waals surface area contributed by atoms with Crippen LogP contribution in [0.15, 0.2) is 0 Å². The molecule has 1 aliphatic heterocycles. The minimum absolute atomic E-state index is 0.0217. The zero-order valence-corrected chi connectivity index (χ0v) is 9.77. The summed E-state index contributed by atoms with van der Waals surface area (Å²) >= 11 is 0. The van der Waals surface area contributed by atoms with E-state index in [0.717, 1.165) is 12.8 Å². The van der Waals surface area contributed by atoms with Gasteiger partial charge in [-0.15, -0.1) is 0 Å². The summed E-state index contributed by atoms with van der Waals surface area (Å²) in [6, 6.07) is 0. The van der Waals surface area contributed by atoms with Crippen LogP contribution in [-0.2, 0) is 19.1 Å². The van der Waals surface area contributed by atoms with Gasteiger partial charge in [-0.05, 0) is 25.7 Å². The molecular weight excluding hydrogens is 226 g/mol. The highest BCUT2D eigenvalue weighted by molar-refractivity contribution is 5.89. The molecule has 0 aromatic carbocycles. The number of carbonyl (C=O) groups is 2. The highest BCUT2D eigenvalue weighted by Crippen LogP contribution is 2.39. The van der Waals surface area contributed by atoms with Gasteiger partial charge in [0.15, 0.2) is 6.10 Å². The quantitative estimate of drug-likeness (QED) is 0.712. The van der Waals surface area contributed by atoms with Crippen LogP contribution < -0.4 is 5.32 Å². The van der Waals surface area contributed by atoms with Gasteiger partial charge >= 0.3 is 5.97 Å². The lowest BCUT2D eigenvalue weighted by Gasteiger charge is -2.29. The Labute approximate surface area is 99.3 Å². The van der Waals surface area contributed by atoms with Crippen LogP contribution in [0.4, 0.5) is 0 Å². The molecule has 6 heteroatoms. The molecule has 6 nitrogen and oxygen atoms in total. The molecule has 0 aromatic heterocycles. The van der Waals surface area contributed by atoms with Crippen molar-refractivity contribution >= 4 is 11.9 Å². The van der Waals surface area contributed by atoms with Gasteiger partial charge in [0.25, 0.3) is 5.91 Å². The summed E-state index contributed by atoms with van der Waals surface area (Å²) in [5.41, 5.74) is -1.18. The van der Waals surface area contributed by atoms with Crippen molar-refractivity contribution in [2.45, 2.75) is 31.4 Å². The van der Waals surface area contributed by atoms with Crippen LogP contribution in [0.1, 0.15) is 19.8 Å². The molecule has 1 heterocycles. The molecule has 1 saturated carbocycles. The summed E-state index contributed by atoms with van der Waals surface area (Å²) in [6.45, 7) is 2.58. The summed E-state index contributed by atoms with van der Waals surface area (Å²) < 4.78 is 10.4. The molecule has 2 rings (SSSR count). The lowest BCUT2D eigenvalue weighted by molar-refractivity contribution is -0.156. The van der Waals surface area contributed by atoms with E-state index in [1.807, 2.05) is 0 Å². The molecule has 0 aromatic rings. The monoisotopic (exact) mass is 243 g/mol. The number of carbonyl (C=O) groups excluding carboxylic acids is 1. The zero-order chi connectivity index (χ0) is 12.5. The molecule has 0 bridgehead atoms. The van der Waals surface area contributed by atoms with Crippen molar-refractivity contribution in [3.8, 4) is 0 Å². The van der Waals surface area contributed by atoms with Crippen molar-refractivity contribution in [3.05, 3.63) is 0 Å². The lowest BCUT2D eigenvalue weighted by Crippen LogP contribution is -2.58. The van der Waals surface area contributed by atoms with Crippen LogP contribution >= 0.6 is 0 Å². The van der Waals surface area contributed by atoms with Crippen LogP contribution in [-0.4, -0.2) is 48.4 Å². The first-order valence-corrected chi connectivity index (χ1v) is 5.79. The second-order valence-electron chi connectivity index (χ2n) is 4.71. The van der Waals surface area contributed by atoms with Crippen LogP contribution in [0.25, 0.3) is 0 Å². The maximum Gasteiger partial charge on any atom is 0.329 e. The average molecular weight is 243 g/mol. The van der Waals surface area contributed by atoms with Crippen molar-refractivity contribution in [3.63, 3.8) is 0 Å². The number of aliphatic carboxylic acids is 1. The number of hydrogen-bond acceptors (Lipinski definition) is 4. The molecule has 1 amide bonds. The molecule has 2 N–H and O–H groups in total. The summed E-state index contributed by atoms with van der Waals surface area (Å²) in [7, 11) is 0. The Kier molecular flexibility index (Phi) is 3.35. The van der Waals surface area contributed by atoms with Gasteiger partial charge in [0.1, 0.15) is 5.54 Å². The summed E-state index contributed by atoms with van der Waals surface area (Å²) in [4.78, 5) is 23.1. The number of hydrogen-bond donors (Lipinski definition) is 2. The first-order chi connectivity index (χ1) is 8.04. The Morgan fingerprint density at radius 3 is 2.53 bits per heavy atom. The number of amides is 1. The molecule has 2 atom stereocenters. The predicted octanol–water partition coefficient (Wildman–Crippen LogP) is -0.229. The minimum atomic E-state index is -1.18. The van der Waals surface area contributed by atoms with Gasteiger partial charge in [0.05, 0.1) is 19.8 Å². The number of carboxylic acids is 1. The fourth-order valence-corrected chi connectivity index (χ4v) is 1.97. The van der Waals surface area contributed by atoms with Gasteiger partial charge in [-0.25, -0.2) is 4.79 Å². The fourth-order valence-electron chi connectivity index (χ4n) is 1.97. The Bertz CT molecular complexity index is 322. The Morgan fingerprint density at radius 2 is 2.06 bits per heavy atom. The third-order valence-electron chi connectivity index (χ3n) is 3.33. The van der Waals surface area contributed by atoms with E-state index in [9.17, 15) is 14.7 Å². The number of rotatable bonds is 4. The molecule has 2 aliphatic rings. The number of ether oxygens (including phenoxy) is 2. The zero-order valence-electron chi connectivity index (χ0n) is 9.77. The maximum atomic E-state index is 11.9. The van der Waals surface area contributed by atoms with Crippen molar-refractivity contribution < 1.29 is 24.2 Å². The maximum absolute atomic E-state index is 11.9. The SMILES string of the molecule is CC(NC(=O)C1COCCO1)(C(=O)O)C1CC1. The minimum Gasteiger partial charge on any atom is -0.480 e. The van der Waals surface area contributed by atoms with E-state index in [-0.39, 0.29) is 12.5 Å². The van der Waals surface area contributed by atoms with Gasteiger partial charge in [-0.3, -0.25) is 4.79 Å². The van der Waals surface area contributed by atoms with Gasteiger partial charge in [-0.1, -0.05) is 0 Å². The molecule has 1 saturated heterocycles. The first kappa shape index (κ1) is 12.3. The third-order valence-corrected chi connectivity index (χ3v) is 3.33. The van der Waals surface area contributed by atoms with Crippen molar-refractivity contribution in [1.82, 2.24) is 5.32 Å². The van der Waals surface area contributed by atoms with Crippen LogP contribution in [0.5, 0.6) is 0 Å². The first-order valence-electron chi connectivity index (χ1n) is 5.79. The highest BCUT2D eigenvalue weighted by atomic mass is 16.6. The van der Waals surface area contributed by atoms with Crippen LogP contribution in [0.2, 0.25) is 0 Å². The summed E-state index contributed by atoms with van der Waals surface area (Å²) in [5.74, 6) is -1.37. The Morgan fingerprint density at radius 1 is 1.35 bits per heavy atom. The molecule has 2 fully saturated rings. The van der Waals surface area contributed by atoms with Gasteiger partial charge in [0, 0.05) is 0 Å². The molecule has 1 aliphatic carbocycles. The van der Waals surface area contributed by atoms with E-state index < -0.39 is 23.5 Å². The fraction of sp³-hybridized carbons (Fsp3) is 0.818. The van der Waals surface area contributed by atoms with Crippen molar-refractivity contribution in [2.75, 3.05) is 19.8 Å². The second kappa shape index (κ2) is 4.62. The van der Waals surface area contributed by atoms with Gasteiger partial charge in [-0.2, -0.15) is 0 Å². The third kappa shape index (κ3) is 2.58. The van der Waals surface area contributed by atoms with Gasteiger partial charge < -0.3 is 19.9 Å². The molecule has 0 spiro atoms. The van der Waals surface area contributed by atoms with Crippen molar-refractivity contribution in [1.29, 1.82) is 0 Å². The van der Waals surface area contributed by atoms with E-state index in [1.165, 1.54) is 0 Å². The molecule has 2 unspecified atom stereocenters. The smallest absolute Gasteiger partial charge is 0.329 e. The Hall–Kier alpha value is -1.14. The predicted molar refractivity (Wildman–Crippen MR) is 57.5 cm³/mol. The topological polar surface area (TPSA) is 84.9 Å². The summed E-state index contributed by atoms with van der Waals surface area (Å²) in [6.07, 6.45) is 0.983. The standard InChI is InChI=1S/C11H17NO5/c1-11(10(14)15,7-2-3-7)12-9(13)8-6-16-4-5-17-8/h7-8H,2-6H2,1H3,(H,12,13)(H,14,15). The number of nitrogens with one attached hydrogen (secondary N) is 1. The van der Waals surface area contributed by atoms with Gasteiger partial charge in [0.2, 0.25) is 0 Å². The Balaban J connectivity index is 1.97. The highest BCUT2D eigenvalue weighted by Gasteiger charge is 2.49. The molecule has 17 heavy (non-hydrogen) atoms. The van der Waals surface area contributed by atoms with E-state index in [4.69, 9.17) is 9.47 Å². The van der Waals surface area contributed by atoms with Crippen molar-refractivity contribution in [2.24, 2.45) is 5.92 Å². The summed E-state index contributed by atoms with van der Waals surface area (Å²) in [5, 5.41) is 11.8. The second-order valence-corrected chi connectivity index (χ2v) is 4.71. The normalized spacial score (nSPS) is 28.2. The largest absolute Gasteiger partial charge is 0.480 e. The van der Waals surface area contributed by atoms with E-state index >= 15 is 0 Å². The lowest BCUT2D eigenvalue weighted by atomic mass is 9.95. The van der Waals surface area contributed by atoms with E-state index in [2.05, 4.69) is 5.32 Å².